The number of para-hydroxylation sites is 1. The fourth-order valence-corrected chi connectivity index (χ4v) is 3.62. The summed E-state index contributed by atoms with van der Waals surface area (Å²) in [5.41, 5.74) is 4.44. The second kappa shape index (κ2) is 7.43. The van der Waals surface area contributed by atoms with Crippen LogP contribution in [0.1, 0.15) is 17.2 Å². The molecule has 0 aliphatic carbocycles. The molecular weight excluding hydrogens is 364 g/mol. The van der Waals surface area contributed by atoms with E-state index in [0.717, 1.165) is 22.5 Å². The van der Waals surface area contributed by atoms with E-state index < -0.39 is 5.92 Å². The Morgan fingerprint density at radius 1 is 1.17 bits per heavy atom. The number of nitrogens with one attached hydrogen (secondary N) is 2. The summed E-state index contributed by atoms with van der Waals surface area (Å²) in [5, 5.41) is 10.6. The van der Waals surface area contributed by atoms with E-state index in [-0.39, 0.29) is 11.9 Å². The minimum Gasteiger partial charge on any atom is -0.378 e. The second-order valence-electron chi connectivity index (χ2n) is 7.39. The van der Waals surface area contributed by atoms with Gasteiger partial charge in [-0.15, -0.1) is 0 Å². The number of aryl methyl sites for hydroxylation is 1. The van der Waals surface area contributed by atoms with Gasteiger partial charge in [0.1, 0.15) is 12.2 Å². The number of carbonyl (C=O) groups excluding carboxylic acids is 1. The van der Waals surface area contributed by atoms with Crippen molar-refractivity contribution >= 4 is 23.2 Å². The smallest absolute Gasteiger partial charge is 0.235 e. The van der Waals surface area contributed by atoms with Crippen LogP contribution >= 0.6 is 0 Å². The van der Waals surface area contributed by atoms with Crippen LogP contribution < -0.4 is 15.5 Å². The van der Waals surface area contributed by atoms with Crippen molar-refractivity contribution in [3.05, 3.63) is 78.3 Å². The monoisotopic (exact) mass is 388 g/mol. The lowest BCUT2D eigenvalue weighted by molar-refractivity contribution is -0.119. The number of anilines is 3. The Bertz CT molecular complexity index is 1050. The highest BCUT2D eigenvalue weighted by Crippen LogP contribution is 2.38. The summed E-state index contributed by atoms with van der Waals surface area (Å²) in [6, 6.07) is 15.5. The van der Waals surface area contributed by atoms with Gasteiger partial charge in [-0.05, 0) is 36.2 Å². The molecule has 2 N–H and O–H groups in total. The first-order valence-corrected chi connectivity index (χ1v) is 9.45. The van der Waals surface area contributed by atoms with E-state index in [0.29, 0.717) is 11.6 Å². The zero-order valence-corrected chi connectivity index (χ0v) is 16.8. The van der Waals surface area contributed by atoms with Gasteiger partial charge in [0.2, 0.25) is 11.9 Å². The van der Waals surface area contributed by atoms with E-state index in [1.165, 1.54) is 6.33 Å². The van der Waals surface area contributed by atoms with Gasteiger partial charge in [-0.1, -0.05) is 36.9 Å². The molecular formula is C22H24N6O. The molecule has 1 aromatic heterocycles. The van der Waals surface area contributed by atoms with Gasteiger partial charge in [0.25, 0.3) is 0 Å². The van der Waals surface area contributed by atoms with Crippen LogP contribution in [0.2, 0.25) is 0 Å². The molecule has 0 spiro atoms. The molecule has 0 unspecified atom stereocenters. The van der Waals surface area contributed by atoms with Gasteiger partial charge >= 0.3 is 0 Å². The van der Waals surface area contributed by atoms with E-state index in [2.05, 4.69) is 27.3 Å². The van der Waals surface area contributed by atoms with Gasteiger partial charge in [0, 0.05) is 31.2 Å². The largest absolute Gasteiger partial charge is 0.378 e. The summed E-state index contributed by atoms with van der Waals surface area (Å²) in [7, 11) is 3.99. The highest BCUT2D eigenvalue weighted by Gasteiger charge is 2.39. The Morgan fingerprint density at radius 2 is 1.90 bits per heavy atom. The van der Waals surface area contributed by atoms with Crippen LogP contribution in [0, 0.1) is 12.8 Å². The van der Waals surface area contributed by atoms with Crippen molar-refractivity contribution < 1.29 is 4.79 Å². The normalized spacial score (nSPS) is 18.0. The molecule has 2 aromatic carbocycles. The van der Waals surface area contributed by atoms with Crippen LogP contribution in [0.25, 0.3) is 0 Å². The van der Waals surface area contributed by atoms with Crippen LogP contribution in [-0.2, 0) is 4.79 Å². The van der Waals surface area contributed by atoms with E-state index in [1.807, 2.05) is 74.4 Å². The maximum Gasteiger partial charge on any atom is 0.235 e. The number of rotatable bonds is 4. The Kier molecular flexibility index (Phi) is 4.80. The third-order valence-corrected chi connectivity index (χ3v) is 5.24. The summed E-state index contributed by atoms with van der Waals surface area (Å²) >= 11 is 0. The molecule has 0 radical (unpaired) electrons. The van der Waals surface area contributed by atoms with Crippen LogP contribution in [0.15, 0.2) is 67.1 Å². The SMILES string of the molecule is C=C1Nc2ncnn2[C@@H](c2ccc(N(C)C)cc2)[C@@H]1C(=O)Nc1ccccc1C. The molecule has 2 atom stereocenters. The average molecular weight is 388 g/mol. The van der Waals surface area contributed by atoms with Gasteiger partial charge < -0.3 is 15.5 Å². The van der Waals surface area contributed by atoms with Crippen LogP contribution in [0.3, 0.4) is 0 Å². The van der Waals surface area contributed by atoms with E-state index >= 15 is 0 Å². The molecule has 0 saturated heterocycles. The Balaban J connectivity index is 1.73. The van der Waals surface area contributed by atoms with Crippen molar-refractivity contribution in [1.29, 1.82) is 0 Å². The Hall–Kier alpha value is -3.61. The quantitative estimate of drug-likeness (QED) is 0.716. The molecule has 29 heavy (non-hydrogen) atoms. The minimum absolute atomic E-state index is 0.139. The summed E-state index contributed by atoms with van der Waals surface area (Å²) in [5.74, 6) is -0.106. The number of carbonyl (C=O) groups is 1. The number of aromatic nitrogens is 3. The van der Waals surface area contributed by atoms with Crippen molar-refractivity contribution in [2.45, 2.75) is 13.0 Å². The highest BCUT2D eigenvalue weighted by molar-refractivity contribution is 5.96. The van der Waals surface area contributed by atoms with Crippen molar-refractivity contribution in [3.8, 4) is 0 Å². The van der Waals surface area contributed by atoms with Gasteiger partial charge in [-0.25, -0.2) is 4.68 Å². The molecule has 7 nitrogen and oxygen atoms in total. The average Bonchev–Trinajstić information content (AvgIpc) is 3.16. The zero-order chi connectivity index (χ0) is 20.5. The first-order chi connectivity index (χ1) is 14.0. The number of fused-ring (bicyclic) bond motifs is 1. The number of amides is 1. The van der Waals surface area contributed by atoms with Crippen molar-refractivity contribution in [3.63, 3.8) is 0 Å². The number of hydrogen-bond donors (Lipinski definition) is 2. The standard InChI is InChI=1S/C22H24N6O/c1-14-7-5-6-8-18(14)26-21(29)19-15(2)25-22-23-13-24-28(22)20(19)16-9-11-17(12-10-16)27(3)4/h5-13,19-20H,2H2,1,3-4H3,(H,26,29)(H,23,24,25)/t19-,20+/m1/s1. The zero-order valence-electron chi connectivity index (χ0n) is 16.8. The van der Waals surface area contributed by atoms with E-state index in [9.17, 15) is 4.79 Å². The molecule has 1 amide bonds. The van der Waals surface area contributed by atoms with Crippen molar-refractivity contribution in [1.82, 2.24) is 14.8 Å². The lowest BCUT2D eigenvalue weighted by atomic mass is 9.88. The fraction of sp³-hybridized carbons (Fsp3) is 0.227. The summed E-state index contributed by atoms with van der Waals surface area (Å²) in [4.78, 5) is 19.6. The van der Waals surface area contributed by atoms with Crippen molar-refractivity contribution in [2.75, 3.05) is 29.6 Å². The van der Waals surface area contributed by atoms with Gasteiger partial charge in [-0.2, -0.15) is 10.1 Å². The molecule has 4 rings (SSSR count). The Labute approximate surface area is 170 Å². The summed E-state index contributed by atoms with van der Waals surface area (Å²) in [6.45, 7) is 6.09. The highest BCUT2D eigenvalue weighted by atomic mass is 16.2. The van der Waals surface area contributed by atoms with Crippen LogP contribution in [0.4, 0.5) is 17.3 Å². The number of benzene rings is 2. The van der Waals surface area contributed by atoms with E-state index in [4.69, 9.17) is 0 Å². The topological polar surface area (TPSA) is 75.1 Å². The third-order valence-electron chi connectivity index (χ3n) is 5.24. The molecule has 0 saturated carbocycles. The lowest BCUT2D eigenvalue weighted by Crippen LogP contribution is -2.39. The summed E-state index contributed by atoms with van der Waals surface area (Å²) < 4.78 is 1.75. The number of hydrogen-bond acceptors (Lipinski definition) is 5. The maximum atomic E-state index is 13.3. The molecule has 2 heterocycles. The predicted octanol–water partition coefficient (Wildman–Crippen LogP) is 3.44. The molecule has 7 heteroatoms. The molecule has 1 aliphatic heterocycles. The molecule has 148 valence electrons. The predicted molar refractivity (Wildman–Crippen MR) is 115 cm³/mol. The Morgan fingerprint density at radius 3 is 2.59 bits per heavy atom. The van der Waals surface area contributed by atoms with Crippen molar-refractivity contribution in [2.24, 2.45) is 5.92 Å². The molecule has 1 aliphatic rings. The fourth-order valence-electron chi connectivity index (χ4n) is 3.62. The first-order valence-electron chi connectivity index (χ1n) is 9.45. The lowest BCUT2D eigenvalue weighted by Gasteiger charge is -2.34. The molecule has 3 aromatic rings. The van der Waals surface area contributed by atoms with Gasteiger partial charge in [0.05, 0.1) is 6.04 Å². The molecule has 0 bridgehead atoms. The molecule has 0 fully saturated rings. The van der Waals surface area contributed by atoms with Gasteiger partial charge in [0.15, 0.2) is 0 Å². The first kappa shape index (κ1) is 18.7. The van der Waals surface area contributed by atoms with Gasteiger partial charge in [-0.3, -0.25) is 4.79 Å². The van der Waals surface area contributed by atoms with E-state index in [1.54, 1.807) is 4.68 Å². The summed E-state index contributed by atoms with van der Waals surface area (Å²) in [6.07, 6.45) is 1.48. The van der Waals surface area contributed by atoms with Crippen LogP contribution in [-0.4, -0.2) is 34.8 Å². The minimum atomic E-state index is -0.547. The third kappa shape index (κ3) is 3.47. The van der Waals surface area contributed by atoms with Crippen LogP contribution in [0.5, 0.6) is 0 Å². The second-order valence-corrected chi connectivity index (χ2v) is 7.39. The maximum absolute atomic E-state index is 13.3. The number of nitrogens with zero attached hydrogens (tertiary/aromatic N) is 4.